The summed E-state index contributed by atoms with van der Waals surface area (Å²) in [6.07, 6.45) is 1.94. The lowest BCUT2D eigenvalue weighted by Gasteiger charge is -2.11. The first-order valence-electron chi connectivity index (χ1n) is 6.69. The average molecular weight is 302 g/mol. The van der Waals surface area contributed by atoms with Crippen LogP contribution in [0.3, 0.4) is 0 Å². The van der Waals surface area contributed by atoms with E-state index in [1.807, 2.05) is 44.4 Å². The lowest BCUT2D eigenvalue weighted by atomic mass is 10.3. The molecule has 0 aliphatic carbocycles. The SMILES string of the molecule is CSc1ccccc1OC(=O)c1cccc(NC(C)C)n1. The number of anilines is 1. The molecule has 0 spiro atoms. The summed E-state index contributed by atoms with van der Waals surface area (Å²) >= 11 is 1.53. The van der Waals surface area contributed by atoms with Crippen LogP contribution in [-0.2, 0) is 0 Å². The molecule has 0 fully saturated rings. The van der Waals surface area contributed by atoms with Gasteiger partial charge in [0.05, 0.1) is 0 Å². The molecule has 1 heterocycles. The number of carbonyl (C=O) groups excluding carboxylic acids is 1. The van der Waals surface area contributed by atoms with Gasteiger partial charge in [-0.15, -0.1) is 11.8 Å². The van der Waals surface area contributed by atoms with E-state index in [0.717, 1.165) is 4.90 Å². The fourth-order valence-corrected chi connectivity index (χ4v) is 2.31. The van der Waals surface area contributed by atoms with Crippen LogP contribution in [0.5, 0.6) is 5.75 Å². The Morgan fingerprint density at radius 2 is 1.95 bits per heavy atom. The molecule has 2 aromatic rings. The molecule has 21 heavy (non-hydrogen) atoms. The quantitative estimate of drug-likeness (QED) is 0.516. The highest BCUT2D eigenvalue weighted by Gasteiger charge is 2.13. The van der Waals surface area contributed by atoms with Crippen molar-refractivity contribution in [3.63, 3.8) is 0 Å². The molecule has 0 unspecified atom stereocenters. The highest BCUT2D eigenvalue weighted by atomic mass is 32.2. The minimum Gasteiger partial charge on any atom is -0.421 e. The van der Waals surface area contributed by atoms with Gasteiger partial charge in [0, 0.05) is 10.9 Å². The average Bonchev–Trinajstić information content (AvgIpc) is 2.47. The predicted octanol–water partition coefficient (Wildman–Crippen LogP) is 3.84. The number of nitrogens with one attached hydrogen (secondary N) is 1. The number of esters is 1. The van der Waals surface area contributed by atoms with Crippen molar-refractivity contribution in [3.8, 4) is 5.75 Å². The number of nitrogens with zero attached hydrogens (tertiary/aromatic N) is 1. The Hall–Kier alpha value is -2.01. The van der Waals surface area contributed by atoms with Gasteiger partial charge in [-0.25, -0.2) is 9.78 Å². The summed E-state index contributed by atoms with van der Waals surface area (Å²) in [5, 5.41) is 3.16. The smallest absolute Gasteiger partial charge is 0.362 e. The van der Waals surface area contributed by atoms with E-state index in [-0.39, 0.29) is 11.7 Å². The molecule has 2 rings (SSSR count). The number of hydrogen-bond acceptors (Lipinski definition) is 5. The van der Waals surface area contributed by atoms with Crippen molar-refractivity contribution in [2.45, 2.75) is 24.8 Å². The summed E-state index contributed by atoms with van der Waals surface area (Å²) in [5.74, 6) is 0.764. The topological polar surface area (TPSA) is 51.2 Å². The molecular formula is C16H18N2O2S. The fourth-order valence-electron chi connectivity index (χ4n) is 1.78. The van der Waals surface area contributed by atoms with Crippen LogP contribution < -0.4 is 10.1 Å². The van der Waals surface area contributed by atoms with Gasteiger partial charge in [0.1, 0.15) is 11.6 Å². The van der Waals surface area contributed by atoms with Crippen molar-refractivity contribution >= 4 is 23.5 Å². The van der Waals surface area contributed by atoms with Gasteiger partial charge in [0.15, 0.2) is 5.69 Å². The molecule has 0 atom stereocenters. The van der Waals surface area contributed by atoms with Crippen molar-refractivity contribution in [3.05, 3.63) is 48.2 Å². The number of carbonyl (C=O) groups is 1. The van der Waals surface area contributed by atoms with Crippen molar-refractivity contribution < 1.29 is 9.53 Å². The molecule has 0 aliphatic heterocycles. The van der Waals surface area contributed by atoms with Gasteiger partial charge >= 0.3 is 5.97 Å². The molecule has 5 heteroatoms. The number of para-hydroxylation sites is 1. The van der Waals surface area contributed by atoms with Gasteiger partial charge in [-0.05, 0) is 44.4 Å². The Bertz CT molecular complexity index is 629. The van der Waals surface area contributed by atoms with Crippen molar-refractivity contribution in [1.29, 1.82) is 0 Å². The number of thioether (sulfide) groups is 1. The van der Waals surface area contributed by atoms with Gasteiger partial charge < -0.3 is 10.1 Å². The Balaban J connectivity index is 2.16. The third-order valence-corrected chi connectivity index (χ3v) is 3.44. The van der Waals surface area contributed by atoms with Gasteiger partial charge in [-0.3, -0.25) is 0 Å². The van der Waals surface area contributed by atoms with Gasteiger partial charge in [0.25, 0.3) is 0 Å². The molecule has 4 nitrogen and oxygen atoms in total. The monoisotopic (exact) mass is 302 g/mol. The lowest BCUT2D eigenvalue weighted by Crippen LogP contribution is -2.15. The summed E-state index contributed by atoms with van der Waals surface area (Å²) in [7, 11) is 0. The molecule has 0 amide bonds. The maximum absolute atomic E-state index is 12.2. The minimum absolute atomic E-state index is 0.251. The standard InChI is InChI=1S/C16H18N2O2S/c1-11(2)17-15-10-6-7-12(18-15)16(19)20-13-8-4-5-9-14(13)21-3/h4-11H,1-3H3,(H,17,18). The summed E-state index contributed by atoms with van der Waals surface area (Å²) in [5.41, 5.74) is 0.288. The number of hydrogen-bond donors (Lipinski definition) is 1. The van der Waals surface area contributed by atoms with Crippen molar-refractivity contribution in [1.82, 2.24) is 4.98 Å². The normalized spacial score (nSPS) is 10.5. The van der Waals surface area contributed by atoms with E-state index >= 15 is 0 Å². The first kappa shape index (κ1) is 15.4. The fraction of sp³-hybridized carbons (Fsp3) is 0.250. The number of pyridine rings is 1. The molecule has 110 valence electrons. The Morgan fingerprint density at radius 3 is 2.67 bits per heavy atom. The van der Waals surface area contributed by atoms with E-state index in [9.17, 15) is 4.79 Å². The van der Waals surface area contributed by atoms with Gasteiger partial charge in [-0.1, -0.05) is 18.2 Å². The van der Waals surface area contributed by atoms with E-state index in [1.165, 1.54) is 11.8 Å². The largest absolute Gasteiger partial charge is 0.421 e. The summed E-state index contributed by atoms with van der Waals surface area (Å²) in [4.78, 5) is 17.4. The molecule has 1 aromatic carbocycles. The minimum atomic E-state index is -0.455. The van der Waals surface area contributed by atoms with E-state index in [2.05, 4.69) is 10.3 Å². The Morgan fingerprint density at radius 1 is 1.19 bits per heavy atom. The third-order valence-electron chi connectivity index (χ3n) is 2.67. The van der Waals surface area contributed by atoms with Crippen LogP contribution in [0.4, 0.5) is 5.82 Å². The zero-order valence-electron chi connectivity index (χ0n) is 12.3. The van der Waals surface area contributed by atoms with Crippen LogP contribution >= 0.6 is 11.8 Å². The molecule has 0 saturated carbocycles. The number of rotatable bonds is 5. The van der Waals surface area contributed by atoms with E-state index in [1.54, 1.807) is 18.2 Å². The maximum Gasteiger partial charge on any atom is 0.362 e. The van der Waals surface area contributed by atoms with E-state index < -0.39 is 5.97 Å². The highest BCUT2D eigenvalue weighted by Crippen LogP contribution is 2.27. The highest BCUT2D eigenvalue weighted by molar-refractivity contribution is 7.98. The molecule has 1 aromatic heterocycles. The van der Waals surface area contributed by atoms with Crippen LogP contribution in [0, 0.1) is 0 Å². The second-order valence-electron chi connectivity index (χ2n) is 4.75. The molecular weight excluding hydrogens is 284 g/mol. The van der Waals surface area contributed by atoms with Crippen LogP contribution in [0.1, 0.15) is 24.3 Å². The zero-order valence-corrected chi connectivity index (χ0v) is 13.1. The summed E-state index contributed by atoms with van der Waals surface area (Å²) in [6.45, 7) is 4.03. The first-order chi connectivity index (χ1) is 10.1. The second kappa shape index (κ2) is 7.13. The zero-order chi connectivity index (χ0) is 15.2. The predicted molar refractivity (Wildman–Crippen MR) is 86.2 cm³/mol. The van der Waals surface area contributed by atoms with Crippen LogP contribution in [0.15, 0.2) is 47.4 Å². The van der Waals surface area contributed by atoms with E-state index in [4.69, 9.17) is 4.74 Å². The first-order valence-corrected chi connectivity index (χ1v) is 7.91. The van der Waals surface area contributed by atoms with E-state index in [0.29, 0.717) is 11.6 Å². The van der Waals surface area contributed by atoms with Gasteiger partial charge in [0.2, 0.25) is 0 Å². The molecule has 0 saturated heterocycles. The molecule has 0 aliphatic rings. The number of benzene rings is 1. The van der Waals surface area contributed by atoms with Gasteiger partial charge in [-0.2, -0.15) is 0 Å². The second-order valence-corrected chi connectivity index (χ2v) is 5.60. The number of ether oxygens (including phenoxy) is 1. The van der Waals surface area contributed by atoms with Crippen molar-refractivity contribution in [2.24, 2.45) is 0 Å². The lowest BCUT2D eigenvalue weighted by molar-refractivity contribution is 0.0724. The summed E-state index contributed by atoms with van der Waals surface area (Å²) in [6, 6.07) is 13.0. The summed E-state index contributed by atoms with van der Waals surface area (Å²) < 4.78 is 5.43. The Labute approximate surface area is 128 Å². The molecule has 0 bridgehead atoms. The van der Waals surface area contributed by atoms with Crippen LogP contribution in [0.2, 0.25) is 0 Å². The van der Waals surface area contributed by atoms with Crippen molar-refractivity contribution in [2.75, 3.05) is 11.6 Å². The maximum atomic E-state index is 12.2. The number of aromatic nitrogens is 1. The molecule has 0 radical (unpaired) electrons. The third kappa shape index (κ3) is 4.23. The molecule has 1 N–H and O–H groups in total. The Kier molecular flexibility index (Phi) is 5.22. The van der Waals surface area contributed by atoms with Crippen LogP contribution in [-0.4, -0.2) is 23.3 Å². The van der Waals surface area contributed by atoms with Crippen LogP contribution in [0.25, 0.3) is 0 Å².